The van der Waals surface area contributed by atoms with Crippen molar-refractivity contribution in [2.75, 3.05) is 7.11 Å². The first-order valence-corrected chi connectivity index (χ1v) is 3.79. The van der Waals surface area contributed by atoms with Gasteiger partial charge in [0.2, 0.25) is 5.88 Å². The molecule has 70 valence electrons. The number of nitrogens with zero attached hydrogens (tertiary/aromatic N) is 2. The maximum Gasteiger partial charge on any atom is 0.303 e. The van der Waals surface area contributed by atoms with Gasteiger partial charge in [-0.3, -0.25) is 9.78 Å². The number of hydrogen-bond acceptors (Lipinski definition) is 4. The summed E-state index contributed by atoms with van der Waals surface area (Å²) in [7, 11) is 1.48. The SMILES string of the molecule is COc1nccnc1CCC(=O)O. The molecule has 1 aromatic heterocycles. The molecule has 0 amide bonds. The highest BCUT2D eigenvalue weighted by molar-refractivity contribution is 5.67. The highest BCUT2D eigenvalue weighted by Crippen LogP contribution is 2.11. The van der Waals surface area contributed by atoms with E-state index in [-0.39, 0.29) is 6.42 Å². The van der Waals surface area contributed by atoms with Crippen LogP contribution in [0.3, 0.4) is 0 Å². The highest BCUT2D eigenvalue weighted by atomic mass is 16.5. The van der Waals surface area contributed by atoms with Crippen LogP contribution in [0.4, 0.5) is 0 Å². The van der Waals surface area contributed by atoms with Crippen molar-refractivity contribution in [1.29, 1.82) is 0 Å². The summed E-state index contributed by atoms with van der Waals surface area (Å²) in [6, 6.07) is 0. The molecule has 0 unspecified atom stereocenters. The van der Waals surface area contributed by atoms with E-state index in [2.05, 4.69) is 9.97 Å². The van der Waals surface area contributed by atoms with Crippen molar-refractivity contribution >= 4 is 5.97 Å². The Balaban J connectivity index is 2.69. The van der Waals surface area contributed by atoms with E-state index < -0.39 is 5.97 Å². The molecule has 0 spiro atoms. The van der Waals surface area contributed by atoms with Crippen molar-refractivity contribution in [3.63, 3.8) is 0 Å². The normalized spacial score (nSPS) is 9.62. The summed E-state index contributed by atoms with van der Waals surface area (Å²) in [5, 5.41) is 8.45. The highest BCUT2D eigenvalue weighted by Gasteiger charge is 2.06. The van der Waals surface area contributed by atoms with E-state index in [1.807, 2.05) is 0 Å². The van der Waals surface area contributed by atoms with Gasteiger partial charge in [0.05, 0.1) is 13.5 Å². The molecule has 0 aromatic carbocycles. The lowest BCUT2D eigenvalue weighted by molar-refractivity contribution is -0.136. The average Bonchev–Trinajstić information content (AvgIpc) is 2.15. The zero-order valence-electron chi connectivity index (χ0n) is 7.23. The standard InChI is InChI=1S/C8H10N2O3/c1-13-8-6(2-3-7(11)12)9-4-5-10-8/h4-5H,2-3H2,1H3,(H,11,12). The summed E-state index contributed by atoms with van der Waals surface area (Å²) >= 11 is 0. The molecule has 0 aliphatic heterocycles. The largest absolute Gasteiger partial charge is 0.481 e. The van der Waals surface area contributed by atoms with E-state index in [1.54, 1.807) is 0 Å². The predicted molar refractivity (Wildman–Crippen MR) is 44.5 cm³/mol. The van der Waals surface area contributed by atoms with Gasteiger partial charge < -0.3 is 9.84 Å². The van der Waals surface area contributed by atoms with Gasteiger partial charge in [0.25, 0.3) is 0 Å². The molecule has 5 nitrogen and oxygen atoms in total. The van der Waals surface area contributed by atoms with Crippen molar-refractivity contribution in [2.24, 2.45) is 0 Å². The first-order chi connectivity index (χ1) is 6.24. The molecule has 1 rings (SSSR count). The van der Waals surface area contributed by atoms with E-state index in [1.165, 1.54) is 19.5 Å². The Morgan fingerprint density at radius 3 is 2.85 bits per heavy atom. The maximum absolute atomic E-state index is 10.3. The molecule has 1 N–H and O–H groups in total. The molecular formula is C8H10N2O3. The van der Waals surface area contributed by atoms with Gasteiger partial charge in [0.1, 0.15) is 5.69 Å². The number of aliphatic carboxylic acids is 1. The second kappa shape index (κ2) is 4.39. The van der Waals surface area contributed by atoms with Crippen molar-refractivity contribution in [2.45, 2.75) is 12.8 Å². The van der Waals surface area contributed by atoms with Gasteiger partial charge in [-0.1, -0.05) is 0 Å². The lowest BCUT2D eigenvalue weighted by Gasteiger charge is -2.03. The van der Waals surface area contributed by atoms with E-state index >= 15 is 0 Å². The number of carboxylic acids is 1. The van der Waals surface area contributed by atoms with Crippen LogP contribution in [-0.2, 0) is 11.2 Å². The van der Waals surface area contributed by atoms with E-state index in [0.29, 0.717) is 18.0 Å². The Morgan fingerprint density at radius 1 is 1.54 bits per heavy atom. The fourth-order valence-corrected chi connectivity index (χ4v) is 0.921. The molecule has 0 aliphatic rings. The van der Waals surface area contributed by atoms with Crippen LogP contribution < -0.4 is 4.74 Å². The van der Waals surface area contributed by atoms with Crippen molar-refractivity contribution in [3.05, 3.63) is 18.1 Å². The van der Waals surface area contributed by atoms with Gasteiger partial charge in [0.15, 0.2) is 0 Å². The summed E-state index contributed by atoms with van der Waals surface area (Å²) in [6.45, 7) is 0. The third-order valence-electron chi connectivity index (χ3n) is 1.50. The summed E-state index contributed by atoms with van der Waals surface area (Å²) in [4.78, 5) is 18.2. The third kappa shape index (κ3) is 2.70. The Kier molecular flexibility index (Phi) is 3.19. The van der Waals surface area contributed by atoms with Crippen molar-refractivity contribution < 1.29 is 14.6 Å². The van der Waals surface area contributed by atoms with Gasteiger partial charge >= 0.3 is 5.97 Å². The average molecular weight is 182 g/mol. The summed E-state index contributed by atoms with van der Waals surface area (Å²) in [5.41, 5.74) is 0.576. The number of ether oxygens (including phenoxy) is 1. The lowest BCUT2D eigenvalue weighted by Crippen LogP contribution is -2.02. The van der Waals surface area contributed by atoms with Gasteiger partial charge in [-0.2, -0.15) is 0 Å². The molecule has 0 saturated heterocycles. The van der Waals surface area contributed by atoms with Crippen LogP contribution >= 0.6 is 0 Å². The minimum atomic E-state index is -0.854. The first kappa shape index (κ1) is 9.44. The number of carbonyl (C=O) groups is 1. The fraction of sp³-hybridized carbons (Fsp3) is 0.375. The van der Waals surface area contributed by atoms with Crippen molar-refractivity contribution in [1.82, 2.24) is 9.97 Å². The molecule has 13 heavy (non-hydrogen) atoms. The monoisotopic (exact) mass is 182 g/mol. The van der Waals surface area contributed by atoms with Gasteiger partial charge in [0, 0.05) is 18.8 Å². The molecule has 0 radical (unpaired) electrons. The summed E-state index contributed by atoms with van der Waals surface area (Å²) in [6.07, 6.45) is 3.39. The maximum atomic E-state index is 10.3. The Bertz CT molecular complexity index is 301. The van der Waals surface area contributed by atoms with Crippen LogP contribution in [0.5, 0.6) is 5.88 Å². The molecule has 5 heteroatoms. The fourth-order valence-electron chi connectivity index (χ4n) is 0.921. The second-order valence-electron chi connectivity index (χ2n) is 2.41. The topological polar surface area (TPSA) is 72.3 Å². The zero-order chi connectivity index (χ0) is 9.68. The molecule has 1 aromatic rings. The number of methoxy groups -OCH3 is 1. The Morgan fingerprint density at radius 2 is 2.23 bits per heavy atom. The van der Waals surface area contributed by atoms with Gasteiger partial charge in [-0.25, -0.2) is 4.98 Å². The van der Waals surface area contributed by atoms with Crippen molar-refractivity contribution in [3.8, 4) is 5.88 Å². The van der Waals surface area contributed by atoms with Crippen LogP contribution in [0.2, 0.25) is 0 Å². The molecular weight excluding hydrogens is 172 g/mol. The molecule has 0 bridgehead atoms. The van der Waals surface area contributed by atoms with Gasteiger partial charge in [-0.15, -0.1) is 0 Å². The predicted octanol–water partition coefficient (Wildman–Crippen LogP) is 0.502. The number of carboxylic acid groups (broad SMARTS) is 1. The van der Waals surface area contributed by atoms with Crippen LogP contribution in [-0.4, -0.2) is 28.2 Å². The Labute approximate surface area is 75.4 Å². The molecule has 0 aliphatic carbocycles. The molecule has 0 fully saturated rings. The minimum Gasteiger partial charge on any atom is -0.481 e. The van der Waals surface area contributed by atoms with Crippen LogP contribution in [0.25, 0.3) is 0 Å². The van der Waals surface area contributed by atoms with E-state index in [0.717, 1.165) is 0 Å². The van der Waals surface area contributed by atoms with Crippen LogP contribution in [0.15, 0.2) is 12.4 Å². The van der Waals surface area contributed by atoms with Crippen LogP contribution in [0, 0.1) is 0 Å². The minimum absolute atomic E-state index is 0.0368. The summed E-state index contributed by atoms with van der Waals surface area (Å²) in [5.74, 6) is -0.462. The van der Waals surface area contributed by atoms with Gasteiger partial charge in [-0.05, 0) is 0 Å². The van der Waals surface area contributed by atoms with E-state index in [4.69, 9.17) is 9.84 Å². The second-order valence-corrected chi connectivity index (χ2v) is 2.41. The Hall–Kier alpha value is -1.65. The summed E-state index contributed by atoms with van der Waals surface area (Å²) < 4.78 is 4.91. The third-order valence-corrected chi connectivity index (χ3v) is 1.50. The molecule has 0 atom stereocenters. The first-order valence-electron chi connectivity index (χ1n) is 3.79. The van der Waals surface area contributed by atoms with E-state index in [9.17, 15) is 4.79 Å². The zero-order valence-corrected chi connectivity index (χ0v) is 7.23. The van der Waals surface area contributed by atoms with Crippen LogP contribution in [0.1, 0.15) is 12.1 Å². The quantitative estimate of drug-likeness (QED) is 0.734. The number of aryl methyl sites for hydroxylation is 1. The number of aromatic nitrogens is 2. The molecule has 0 saturated carbocycles. The smallest absolute Gasteiger partial charge is 0.303 e. The molecule has 1 heterocycles. The number of hydrogen-bond donors (Lipinski definition) is 1. The lowest BCUT2D eigenvalue weighted by atomic mass is 10.2. The number of rotatable bonds is 4.